The van der Waals surface area contributed by atoms with Crippen LogP contribution in [0.2, 0.25) is 0 Å². The highest BCUT2D eigenvalue weighted by Gasteiger charge is 2.01. The van der Waals surface area contributed by atoms with Crippen molar-refractivity contribution in [3.05, 3.63) is 29.6 Å². The van der Waals surface area contributed by atoms with Crippen LogP contribution < -0.4 is 4.57 Å². The lowest BCUT2D eigenvalue weighted by molar-refractivity contribution is -0.733. The maximum Gasteiger partial charge on any atom is 0.252 e. The minimum Gasteiger partial charge on any atom is -0.323 e. The summed E-state index contributed by atoms with van der Waals surface area (Å²) in [6.07, 6.45) is 5.24. The molecule has 0 atom stereocenters. The van der Waals surface area contributed by atoms with Gasteiger partial charge in [0.15, 0.2) is 12.4 Å². The number of nitrogens with zero attached hydrogens (tertiary/aromatic N) is 1. The SMILES string of the molecule is CCCOC[n+]1ccc(C)c(C)c1. The summed E-state index contributed by atoms with van der Waals surface area (Å²) < 4.78 is 7.49. The second-order valence-corrected chi connectivity index (χ2v) is 3.36. The van der Waals surface area contributed by atoms with Gasteiger partial charge in [-0.25, -0.2) is 0 Å². The van der Waals surface area contributed by atoms with Crippen LogP contribution in [0.3, 0.4) is 0 Å². The Morgan fingerprint density at radius 3 is 2.69 bits per heavy atom. The minimum absolute atomic E-state index is 0.662. The Hall–Kier alpha value is -0.890. The average Bonchev–Trinajstić information content (AvgIpc) is 2.12. The summed E-state index contributed by atoms with van der Waals surface area (Å²) in [6.45, 7) is 7.85. The van der Waals surface area contributed by atoms with E-state index < -0.39 is 0 Å². The standard InChI is InChI=1S/C11H18NO/c1-4-7-13-9-12-6-5-10(2)11(3)8-12/h5-6,8H,4,7,9H2,1-3H3/q+1. The molecule has 1 aromatic rings. The molecule has 1 rings (SSSR count). The summed E-state index contributed by atoms with van der Waals surface area (Å²) in [6, 6.07) is 2.12. The second-order valence-electron chi connectivity index (χ2n) is 3.36. The third kappa shape index (κ3) is 3.15. The molecule has 0 amide bonds. The molecule has 1 heterocycles. The first-order valence-electron chi connectivity index (χ1n) is 4.78. The number of aromatic nitrogens is 1. The van der Waals surface area contributed by atoms with Crippen molar-refractivity contribution in [3.8, 4) is 0 Å². The lowest BCUT2D eigenvalue weighted by Crippen LogP contribution is -2.34. The summed E-state index contributed by atoms with van der Waals surface area (Å²) in [7, 11) is 0. The van der Waals surface area contributed by atoms with E-state index in [9.17, 15) is 0 Å². The van der Waals surface area contributed by atoms with Crippen molar-refractivity contribution in [2.24, 2.45) is 0 Å². The molecule has 0 aliphatic carbocycles. The van der Waals surface area contributed by atoms with E-state index in [2.05, 4.69) is 43.8 Å². The van der Waals surface area contributed by atoms with Gasteiger partial charge < -0.3 is 4.74 Å². The molecule has 0 radical (unpaired) electrons. The largest absolute Gasteiger partial charge is 0.323 e. The smallest absolute Gasteiger partial charge is 0.252 e. The van der Waals surface area contributed by atoms with Crippen LogP contribution in [0.4, 0.5) is 0 Å². The lowest BCUT2D eigenvalue weighted by atomic mass is 10.2. The molecule has 0 aliphatic heterocycles. The Balaban J connectivity index is 2.53. The van der Waals surface area contributed by atoms with Crippen LogP contribution in [0.1, 0.15) is 24.5 Å². The Labute approximate surface area is 80.2 Å². The summed E-state index contributed by atoms with van der Waals surface area (Å²) in [5.41, 5.74) is 2.63. The number of hydrogen-bond acceptors (Lipinski definition) is 1. The van der Waals surface area contributed by atoms with E-state index in [1.165, 1.54) is 11.1 Å². The van der Waals surface area contributed by atoms with Gasteiger partial charge in [-0.2, -0.15) is 4.57 Å². The highest BCUT2D eigenvalue weighted by atomic mass is 16.5. The van der Waals surface area contributed by atoms with Gasteiger partial charge in [0.25, 0.3) is 6.73 Å². The van der Waals surface area contributed by atoms with Crippen molar-refractivity contribution in [2.75, 3.05) is 6.61 Å². The summed E-state index contributed by atoms with van der Waals surface area (Å²) >= 11 is 0. The van der Waals surface area contributed by atoms with Gasteiger partial charge in [-0.1, -0.05) is 6.92 Å². The average molecular weight is 180 g/mol. The van der Waals surface area contributed by atoms with Gasteiger partial charge in [0, 0.05) is 11.6 Å². The van der Waals surface area contributed by atoms with Crippen LogP contribution in [0.5, 0.6) is 0 Å². The number of hydrogen-bond donors (Lipinski definition) is 0. The third-order valence-electron chi connectivity index (χ3n) is 2.09. The van der Waals surface area contributed by atoms with Gasteiger partial charge in [-0.15, -0.1) is 0 Å². The molecular weight excluding hydrogens is 162 g/mol. The molecule has 0 saturated carbocycles. The molecule has 1 aromatic heterocycles. The number of ether oxygens (including phenoxy) is 1. The molecular formula is C11H18NO+. The number of rotatable bonds is 4. The molecule has 0 aliphatic rings. The van der Waals surface area contributed by atoms with E-state index in [4.69, 9.17) is 4.74 Å². The fraction of sp³-hybridized carbons (Fsp3) is 0.545. The molecule has 0 fully saturated rings. The van der Waals surface area contributed by atoms with Crippen LogP contribution in [-0.4, -0.2) is 6.61 Å². The van der Waals surface area contributed by atoms with Crippen molar-refractivity contribution < 1.29 is 9.30 Å². The molecule has 0 bridgehead atoms. The van der Waals surface area contributed by atoms with Crippen molar-refractivity contribution in [2.45, 2.75) is 33.9 Å². The zero-order valence-electron chi connectivity index (χ0n) is 8.71. The third-order valence-corrected chi connectivity index (χ3v) is 2.09. The Morgan fingerprint density at radius 1 is 1.31 bits per heavy atom. The van der Waals surface area contributed by atoms with Crippen LogP contribution in [0, 0.1) is 13.8 Å². The van der Waals surface area contributed by atoms with Gasteiger partial charge in [0.1, 0.15) is 0 Å². The maximum absolute atomic E-state index is 5.43. The molecule has 0 saturated heterocycles. The van der Waals surface area contributed by atoms with Crippen LogP contribution in [0.15, 0.2) is 18.5 Å². The topological polar surface area (TPSA) is 13.1 Å². The van der Waals surface area contributed by atoms with Crippen LogP contribution in [-0.2, 0) is 11.5 Å². The van der Waals surface area contributed by atoms with Gasteiger partial charge in [0.05, 0.1) is 6.61 Å². The van der Waals surface area contributed by atoms with E-state index in [-0.39, 0.29) is 0 Å². The zero-order chi connectivity index (χ0) is 9.68. The molecule has 2 heteroatoms. The highest BCUT2D eigenvalue weighted by molar-refractivity contribution is 5.16. The maximum atomic E-state index is 5.43. The second kappa shape index (κ2) is 4.97. The number of pyridine rings is 1. The molecule has 0 spiro atoms. The van der Waals surface area contributed by atoms with Crippen molar-refractivity contribution in [3.63, 3.8) is 0 Å². The lowest BCUT2D eigenvalue weighted by Gasteiger charge is -2.00. The first-order chi connectivity index (χ1) is 6.24. The fourth-order valence-electron chi connectivity index (χ4n) is 1.13. The van der Waals surface area contributed by atoms with E-state index >= 15 is 0 Å². The van der Waals surface area contributed by atoms with E-state index in [0.29, 0.717) is 6.73 Å². The predicted molar refractivity (Wildman–Crippen MR) is 52.4 cm³/mol. The summed E-state index contributed by atoms with van der Waals surface area (Å²) in [4.78, 5) is 0. The highest BCUT2D eigenvalue weighted by Crippen LogP contribution is 2.00. The zero-order valence-corrected chi connectivity index (χ0v) is 8.71. The van der Waals surface area contributed by atoms with Crippen molar-refractivity contribution in [1.29, 1.82) is 0 Å². The monoisotopic (exact) mass is 180 g/mol. The minimum atomic E-state index is 0.662. The van der Waals surface area contributed by atoms with E-state index in [0.717, 1.165) is 13.0 Å². The van der Waals surface area contributed by atoms with Gasteiger partial charge in [-0.3, -0.25) is 0 Å². The van der Waals surface area contributed by atoms with E-state index in [1.807, 2.05) is 0 Å². The van der Waals surface area contributed by atoms with Crippen LogP contribution >= 0.6 is 0 Å². The molecule has 13 heavy (non-hydrogen) atoms. The van der Waals surface area contributed by atoms with Gasteiger partial charge in [0.2, 0.25) is 0 Å². The number of aryl methyl sites for hydroxylation is 2. The van der Waals surface area contributed by atoms with Gasteiger partial charge >= 0.3 is 0 Å². The first kappa shape index (κ1) is 10.2. The molecule has 0 unspecified atom stereocenters. The molecule has 72 valence electrons. The molecule has 0 N–H and O–H groups in total. The fourth-order valence-corrected chi connectivity index (χ4v) is 1.13. The molecule has 2 nitrogen and oxygen atoms in total. The Bertz CT molecular complexity index is 271. The Kier molecular flexibility index (Phi) is 3.90. The molecule has 0 aromatic carbocycles. The van der Waals surface area contributed by atoms with Crippen molar-refractivity contribution in [1.82, 2.24) is 0 Å². The van der Waals surface area contributed by atoms with Gasteiger partial charge in [-0.05, 0) is 25.8 Å². The first-order valence-corrected chi connectivity index (χ1v) is 4.78. The van der Waals surface area contributed by atoms with E-state index in [1.54, 1.807) is 0 Å². The van der Waals surface area contributed by atoms with Crippen LogP contribution in [0.25, 0.3) is 0 Å². The predicted octanol–water partition coefficient (Wildman–Crippen LogP) is 1.98. The van der Waals surface area contributed by atoms with Crippen molar-refractivity contribution >= 4 is 0 Å². The summed E-state index contributed by atoms with van der Waals surface area (Å²) in [5, 5.41) is 0. The normalized spacial score (nSPS) is 10.4. The quantitative estimate of drug-likeness (QED) is 0.510. The summed E-state index contributed by atoms with van der Waals surface area (Å²) in [5.74, 6) is 0. The Morgan fingerprint density at radius 2 is 2.08 bits per heavy atom.